The molecule has 3 heterocycles. The van der Waals surface area contributed by atoms with Gasteiger partial charge in [-0.15, -0.1) is 0 Å². The van der Waals surface area contributed by atoms with Crippen molar-refractivity contribution in [2.75, 3.05) is 41.7 Å². The number of hydrogen-bond acceptors (Lipinski definition) is 8. The number of piperazine rings is 1. The number of nitrogens with one attached hydrogen (secondary N) is 4. The van der Waals surface area contributed by atoms with Crippen LogP contribution in [0.1, 0.15) is 21.5 Å². The third kappa shape index (κ3) is 5.39. The van der Waals surface area contributed by atoms with Crippen LogP contribution in [0.15, 0.2) is 42.6 Å². The van der Waals surface area contributed by atoms with Crippen molar-refractivity contribution in [3.05, 3.63) is 59.3 Å². The van der Waals surface area contributed by atoms with E-state index in [2.05, 4.69) is 36.0 Å². The lowest BCUT2D eigenvalue weighted by atomic mass is 10.1. The Morgan fingerprint density at radius 1 is 1.05 bits per heavy atom. The fourth-order valence-electron chi connectivity index (χ4n) is 4.30. The Hall–Kier alpha value is -4.20. The van der Waals surface area contributed by atoms with Crippen LogP contribution in [0.25, 0.3) is 0 Å². The van der Waals surface area contributed by atoms with E-state index in [-0.39, 0.29) is 35.2 Å². The van der Waals surface area contributed by atoms with Gasteiger partial charge in [0.25, 0.3) is 5.91 Å². The summed E-state index contributed by atoms with van der Waals surface area (Å²) in [6, 6.07) is 9.32. The summed E-state index contributed by atoms with van der Waals surface area (Å²) < 4.78 is 72.3. The molecule has 1 saturated heterocycles. The number of anilines is 5. The van der Waals surface area contributed by atoms with Gasteiger partial charge in [0.15, 0.2) is 5.75 Å². The van der Waals surface area contributed by atoms with Gasteiger partial charge in [-0.1, -0.05) is 12.1 Å². The summed E-state index contributed by atoms with van der Waals surface area (Å²) in [5, 5.41) is 11.1. The lowest BCUT2D eigenvalue weighted by molar-refractivity contribution is -0.137. The van der Waals surface area contributed by atoms with E-state index in [1.54, 1.807) is 18.2 Å². The number of carbonyl (C=O) groups excluding carboxylic acids is 1. The largest absolute Gasteiger partial charge is 0.433 e. The molecule has 1 fully saturated rings. The number of alkyl halides is 5. The molecule has 2 aliphatic heterocycles. The molecular weight excluding hydrogens is 513 g/mol. The van der Waals surface area contributed by atoms with Crippen molar-refractivity contribution in [1.82, 2.24) is 20.6 Å². The molecule has 0 atom stereocenters. The first-order chi connectivity index (χ1) is 18.2. The summed E-state index contributed by atoms with van der Waals surface area (Å²) in [7, 11) is 0. The molecule has 0 radical (unpaired) electrons. The molecule has 2 aliphatic rings. The van der Waals surface area contributed by atoms with Crippen molar-refractivity contribution in [2.24, 2.45) is 0 Å². The summed E-state index contributed by atoms with van der Waals surface area (Å²) in [5.74, 6) is -1.56. The van der Waals surface area contributed by atoms with Crippen LogP contribution in [-0.2, 0) is 12.7 Å². The lowest BCUT2D eigenvalue weighted by Gasteiger charge is -2.30. The maximum Gasteiger partial charge on any atom is 0.421 e. The second-order valence-electron chi connectivity index (χ2n) is 8.52. The predicted molar refractivity (Wildman–Crippen MR) is 129 cm³/mol. The SMILES string of the molecule is O=C1NCc2cccc(Nc3nc(Nc4ccc(N5CCNCC5)cc4OC(F)F)ncc3C(F)(F)F)c21. The standard InChI is InChI=1S/C24H22F5N7O2/c25-22(26)38-18-10-14(36-8-6-30-7-9-36)4-5-16(18)34-23-32-12-15(24(27,28)29)20(35-23)33-17-3-1-2-13-11-31-21(37)19(13)17/h1-5,10,12,22,30H,6-9,11H2,(H,31,37)(H2,32,33,34,35). The zero-order chi connectivity index (χ0) is 26.9. The van der Waals surface area contributed by atoms with E-state index in [1.807, 2.05) is 4.90 Å². The third-order valence-corrected chi connectivity index (χ3v) is 6.07. The highest BCUT2D eigenvalue weighted by atomic mass is 19.4. The van der Waals surface area contributed by atoms with Crippen molar-refractivity contribution in [2.45, 2.75) is 19.3 Å². The van der Waals surface area contributed by atoms with Crippen LogP contribution in [0.4, 0.5) is 50.8 Å². The van der Waals surface area contributed by atoms with Crippen molar-refractivity contribution < 1.29 is 31.5 Å². The fourth-order valence-corrected chi connectivity index (χ4v) is 4.30. The van der Waals surface area contributed by atoms with Crippen LogP contribution in [0, 0.1) is 0 Å². The van der Waals surface area contributed by atoms with Gasteiger partial charge < -0.3 is 30.9 Å². The minimum atomic E-state index is -4.81. The summed E-state index contributed by atoms with van der Waals surface area (Å²) >= 11 is 0. The Kier molecular flexibility index (Phi) is 6.89. The maximum absolute atomic E-state index is 13.8. The van der Waals surface area contributed by atoms with E-state index in [0.29, 0.717) is 30.5 Å². The van der Waals surface area contributed by atoms with E-state index >= 15 is 0 Å². The molecule has 14 heteroatoms. The number of carbonyl (C=O) groups is 1. The molecule has 5 rings (SSSR count). The quantitative estimate of drug-likeness (QED) is 0.334. The van der Waals surface area contributed by atoms with Gasteiger partial charge in [0.2, 0.25) is 5.95 Å². The van der Waals surface area contributed by atoms with Crippen molar-refractivity contribution >= 4 is 34.7 Å². The Bertz CT molecular complexity index is 1350. The molecule has 2 aromatic carbocycles. The van der Waals surface area contributed by atoms with Gasteiger partial charge >= 0.3 is 12.8 Å². The van der Waals surface area contributed by atoms with Crippen LogP contribution in [-0.4, -0.2) is 48.7 Å². The summed E-state index contributed by atoms with van der Waals surface area (Å²) in [6.07, 6.45) is -4.24. The zero-order valence-electron chi connectivity index (χ0n) is 19.7. The van der Waals surface area contributed by atoms with E-state index < -0.39 is 30.1 Å². The molecule has 9 nitrogen and oxygen atoms in total. The summed E-state index contributed by atoms with van der Waals surface area (Å²) in [4.78, 5) is 21.9. The number of hydrogen-bond donors (Lipinski definition) is 4. The van der Waals surface area contributed by atoms with Gasteiger partial charge in [0.05, 0.1) is 16.9 Å². The summed E-state index contributed by atoms with van der Waals surface area (Å²) in [5.41, 5.74) is 0.491. The fraction of sp³-hybridized carbons (Fsp3) is 0.292. The molecule has 4 N–H and O–H groups in total. The predicted octanol–water partition coefficient (Wildman–Crippen LogP) is 4.24. The number of rotatable bonds is 7. The minimum absolute atomic E-state index is 0.0369. The molecule has 0 spiro atoms. The number of amides is 1. The van der Waals surface area contributed by atoms with Crippen molar-refractivity contribution in [1.29, 1.82) is 0 Å². The summed E-state index contributed by atoms with van der Waals surface area (Å²) in [6.45, 7) is -0.0912. The van der Waals surface area contributed by atoms with Gasteiger partial charge in [-0.3, -0.25) is 4.79 Å². The molecule has 0 saturated carbocycles. The maximum atomic E-state index is 13.8. The molecule has 0 bridgehead atoms. The van der Waals surface area contributed by atoms with Crippen LogP contribution >= 0.6 is 0 Å². The molecule has 38 heavy (non-hydrogen) atoms. The first kappa shape index (κ1) is 25.4. The number of benzene rings is 2. The second kappa shape index (κ2) is 10.3. The molecule has 0 unspecified atom stereocenters. The van der Waals surface area contributed by atoms with E-state index in [1.165, 1.54) is 18.2 Å². The Balaban J connectivity index is 1.48. The van der Waals surface area contributed by atoms with Gasteiger partial charge in [0.1, 0.15) is 11.4 Å². The average Bonchev–Trinajstić information content (AvgIpc) is 3.26. The Morgan fingerprint density at radius 3 is 2.58 bits per heavy atom. The number of ether oxygens (including phenoxy) is 1. The molecular formula is C24H22F5N7O2. The third-order valence-electron chi connectivity index (χ3n) is 6.07. The van der Waals surface area contributed by atoms with Crippen LogP contribution in [0.3, 0.4) is 0 Å². The van der Waals surface area contributed by atoms with E-state index in [0.717, 1.165) is 13.1 Å². The second-order valence-corrected chi connectivity index (χ2v) is 8.52. The first-order valence-corrected chi connectivity index (χ1v) is 11.6. The Morgan fingerprint density at radius 2 is 1.84 bits per heavy atom. The highest BCUT2D eigenvalue weighted by Crippen LogP contribution is 2.38. The van der Waals surface area contributed by atoms with Crippen LogP contribution in [0.2, 0.25) is 0 Å². The monoisotopic (exact) mass is 535 g/mol. The van der Waals surface area contributed by atoms with Crippen LogP contribution < -0.4 is 30.9 Å². The number of nitrogens with zero attached hydrogens (tertiary/aromatic N) is 3. The van der Waals surface area contributed by atoms with Crippen LogP contribution in [0.5, 0.6) is 5.75 Å². The normalized spacial score (nSPS) is 15.3. The number of fused-ring (bicyclic) bond motifs is 1. The van der Waals surface area contributed by atoms with Gasteiger partial charge in [0, 0.05) is 50.7 Å². The molecule has 3 aromatic rings. The highest BCUT2D eigenvalue weighted by Gasteiger charge is 2.36. The van der Waals surface area contributed by atoms with Gasteiger partial charge in [-0.25, -0.2) is 4.98 Å². The first-order valence-electron chi connectivity index (χ1n) is 11.6. The Labute approximate surface area is 213 Å². The van der Waals surface area contributed by atoms with Gasteiger partial charge in [-0.2, -0.15) is 26.9 Å². The molecule has 1 amide bonds. The number of halogens is 5. The topological polar surface area (TPSA) is 103 Å². The minimum Gasteiger partial charge on any atom is -0.433 e. The number of aromatic nitrogens is 2. The van der Waals surface area contributed by atoms with E-state index in [4.69, 9.17) is 0 Å². The zero-order valence-corrected chi connectivity index (χ0v) is 19.7. The van der Waals surface area contributed by atoms with Crippen molar-refractivity contribution in [3.8, 4) is 5.75 Å². The lowest BCUT2D eigenvalue weighted by Crippen LogP contribution is -2.43. The molecule has 200 valence electrons. The average molecular weight is 535 g/mol. The smallest absolute Gasteiger partial charge is 0.421 e. The van der Waals surface area contributed by atoms with Crippen molar-refractivity contribution in [3.63, 3.8) is 0 Å². The molecule has 0 aliphatic carbocycles. The molecule has 1 aromatic heterocycles. The highest BCUT2D eigenvalue weighted by molar-refractivity contribution is 6.04. The van der Waals surface area contributed by atoms with E-state index in [9.17, 15) is 26.7 Å². The van der Waals surface area contributed by atoms with Gasteiger partial charge in [-0.05, 0) is 23.8 Å².